The van der Waals surface area contributed by atoms with Crippen molar-refractivity contribution in [2.45, 2.75) is 18.7 Å². The van der Waals surface area contributed by atoms with Crippen LogP contribution in [0.25, 0.3) is 0 Å². The molecule has 0 amide bonds. The lowest BCUT2D eigenvalue weighted by Crippen LogP contribution is -2.33. The normalized spacial score (nSPS) is 18.1. The lowest BCUT2D eigenvalue weighted by molar-refractivity contribution is -0.0190. The maximum absolute atomic E-state index is 12.5. The molecule has 4 aromatic carbocycles. The van der Waals surface area contributed by atoms with Crippen LogP contribution in [0.3, 0.4) is 0 Å². The molecule has 36 heavy (non-hydrogen) atoms. The van der Waals surface area contributed by atoms with Crippen molar-refractivity contribution in [2.75, 3.05) is 0 Å². The molecule has 0 bridgehead atoms. The fraction of sp³-hybridized carbons (Fsp3) is 0.103. The molecule has 178 valence electrons. The molecular weight excluding hydrogens is 540 g/mol. The first kappa shape index (κ1) is 22.8. The third kappa shape index (κ3) is 4.38. The van der Waals surface area contributed by atoms with E-state index in [4.69, 9.17) is 26.2 Å². The summed E-state index contributed by atoms with van der Waals surface area (Å²) >= 11 is 9.47. The van der Waals surface area contributed by atoms with Gasteiger partial charge in [-0.1, -0.05) is 57.9 Å². The number of ether oxygens (including phenoxy) is 2. The fourth-order valence-electron chi connectivity index (χ4n) is 4.52. The van der Waals surface area contributed by atoms with Gasteiger partial charge in [-0.3, -0.25) is 0 Å². The van der Waals surface area contributed by atoms with Crippen LogP contribution in [0.4, 0.5) is 0 Å². The fourth-order valence-corrected chi connectivity index (χ4v) is 4.91. The molecule has 2 atom stereocenters. The Morgan fingerprint density at radius 3 is 2.42 bits per heavy atom. The van der Waals surface area contributed by atoms with Gasteiger partial charge in [-0.05, 0) is 72.3 Å². The van der Waals surface area contributed by atoms with Crippen molar-refractivity contribution in [1.29, 1.82) is 0 Å². The topological polar surface area (TPSA) is 51.1 Å². The highest BCUT2D eigenvalue weighted by atomic mass is 79.9. The Kier molecular flexibility index (Phi) is 5.99. The summed E-state index contributed by atoms with van der Waals surface area (Å²) in [6, 6.07) is 30.3. The molecule has 2 heterocycles. The van der Waals surface area contributed by atoms with Crippen molar-refractivity contribution in [3.05, 3.63) is 129 Å². The number of benzene rings is 4. The predicted molar refractivity (Wildman–Crippen MR) is 143 cm³/mol. The van der Waals surface area contributed by atoms with Gasteiger partial charge >= 0.3 is 5.97 Å². The van der Waals surface area contributed by atoms with Gasteiger partial charge in [0.1, 0.15) is 11.5 Å². The summed E-state index contributed by atoms with van der Waals surface area (Å²) in [5, 5.41) is 7.70. The van der Waals surface area contributed by atoms with Crippen LogP contribution in [-0.4, -0.2) is 16.7 Å². The van der Waals surface area contributed by atoms with E-state index < -0.39 is 12.2 Å². The molecule has 5 nitrogen and oxygen atoms in total. The van der Waals surface area contributed by atoms with E-state index in [1.807, 2.05) is 71.7 Å². The zero-order chi connectivity index (χ0) is 24.6. The predicted octanol–water partition coefficient (Wildman–Crippen LogP) is 7.56. The molecule has 7 heteroatoms. The van der Waals surface area contributed by atoms with Gasteiger partial charge in [0.2, 0.25) is 6.23 Å². The molecule has 4 aromatic rings. The largest absolute Gasteiger partial charge is 0.464 e. The number of carbonyl (C=O) groups is 1. The van der Waals surface area contributed by atoms with Crippen LogP contribution in [0.15, 0.2) is 107 Å². The van der Waals surface area contributed by atoms with Gasteiger partial charge in [0, 0.05) is 27.0 Å². The van der Waals surface area contributed by atoms with Crippen LogP contribution in [-0.2, 0) is 0 Å². The van der Waals surface area contributed by atoms with Crippen LogP contribution in [0.1, 0.15) is 45.7 Å². The number of fused-ring (bicyclic) bond motifs is 3. The van der Waals surface area contributed by atoms with E-state index in [1.165, 1.54) is 0 Å². The van der Waals surface area contributed by atoms with Gasteiger partial charge < -0.3 is 9.47 Å². The summed E-state index contributed by atoms with van der Waals surface area (Å²) < 4.78 is 12.9. The second kappa shape index (κ2) is 9.45. The molecule has 6 rings (SSSR count). The average Bonchev–Trinajstić information content (AvgIpc) is 3.35. The lowest BCUT2D eigenvalue weighted by Gasteiger charge is -2.38. The molecule has 2 aliphatic rings. The van der Waals surface area contributed by atoms with Crippen LogP contribution in [0.2, 0.25) is 5.02 Å². The van der Waals surface area contributed by atoms with Crippen LogP contribution >= 0.6 is 27.5 Å². The van der Waals surface area contributed by atoms with Gasteiger partial charge in [0.15, 0.2) is 0 Å². The monoisotopic (exact) mass is 558 g/mol. The number of hydrogen-bond acceptors (Lipinski definition) is 5. The van der Waals surface area contributed by atoms with Crippen molar-refractivity contribution >= 4 is 39.2 Å². The van der Waals surface area contributed by atoms with E-state index in [-0.39, 0.29) is 6.04 Å². The number of nitrogens with zero attached hydrogens (tertiary/aromatic N) is 2. The summed E-state index contributed by atoms with van der Waals surface area (Å²) in [4.78, 5) is 12.5. The number of halogens is 2. The van der Waals surface area contributed by atoms with Crippen LogP contribution < -0.4 is 9.47 Å². The summed E-state index contributed by atoms with van der Waals surface area (Å²) in [5.41, 5.74) is 4.54. The molecule has 2 aliphatic heterocycles. The van der Waals surface area contributed by atoms with Crippen LogP contribution in [0.5, 0.6) is 11.5 Å². The molecule has 0 fully saturated rings. The highest BCUT2D eigenvalue weighted by Gasteiger charge is 2.40. The van der Waals surface area contributed by atoms with E-state index in [1.54, 1.807) is 24.3 Å². The van der Waals surface area contributed by atoms with Crippen molar-refractivity contribution in [3.63, 3.8) is 0 Å². The Morgan fingerprint density at radius 1 is 0.944 bits per heavy atom. The zero-order valence-corrected chi connectivity index (χ0v) is 21.3. The standard InChI is InChI=1S/C29H20BrClN2O3/c30-21-11-5-20(6-12-21)29(34)35-23-15-9-19(10-16-23)28-33-26(24-3-1-2-4-27(24)36-28)17-25(32-33)18-7-13-22(31)14-8-18/h1-16,26,28H,17H2/t26-,28+/m0/s1. The van der Waals surface area contributed by atoms with Gasteiger partial charge in [-0.25, -0.2) is 9.80 Å². The number of para-hydroxylation sites is 1. The number of hydrazone groups is 1. The second-order valence-electron chi connectivity index (χ2n) is 8.63. The summed E-state index contributed by atoms with van der Waals surface area (Å²) in [6.07, 6.45) is 0.354. The third-order valence-electron chi connectivity index (χ3n) is 6.33. The third-order valence-corrected chi connectivity index (χ3v) is 7.11. The molecule has 0 saturated carbocycles. The van der Waals surface area contributed by atoms with E-state index in [2.05, 4.69) is 22.0 Å². The maximum atomic E-state index is 12.5. The smallest absolute Gasteiger partial charge is 0.343 e. The Morgan fingerprint density at radius 2 is 1.67 bits per heavy atom. The molecular formula is C29H20BrClN2O3. The highest BCUT2D eigenvalue weighted by Crippen LogP contribution is 2.47. The Hall–Kier alpha value is -3.61. The van der Waals surface area contributed by atoms with Crippen LogP contribution in [0, 0.1) is 0 Å². The maximum Gasteiger partial charge on any atom is 0.343 e. The van der Waals surface area contributed by atoms with E-state index in [0.717, 1.165) is 39.0 Å². The van der Waals surface area contributed by atoms with E-state index in [9.17, 15) is 4.79 Å². The number of hydrogen-bond donors (Lipinski definition) is 0. The average molecular weight is 560 g/mol. The van der Waals surface area contributed by atoms with Gasteiger partial charge in [-0.2, -0.15) is 5.10 Å². The minimum absolute atomic E-state index is 0.0561. The zero-order valence-electron chi connectivity index (χ0n) is 19.0. The minimum atomic E-state index is -0.411. The van der Waals surface area contributed by atoms with Gasteiger partial charge in [0.25, 0.3) is 0 Å². The molecule has 0 radical (unpaired) electrons. The quantitative estimate of drug-likeness (QED) is 0.191. The highest BCUT2D eigenvalue weighted by molar-refractivity contribution is 9.10. The Labute approximate surface area is 222 Å². The van der Waals surface area contributed by atoms with Gasteiger partial charge in [-0.15, -0.1) is 0 Å². The number of carbonyl (C=O) groups excluding carboxylic acids is 1. The summed E-state index contributed by atoms with van der Waals surface area (Å²) in [6.45, 7) is 0. The second-order valence-corrected chi connectivity index (χ2v) is 9.98. The molecule has 0 spiro atoms. The minimum Gasteiger partial charge on any atom is -0.464 e. The summed E-state index contributed by atoms with van der Waals surface area (Å²) in [5.74, 6) is 0.906. The first-order chi connectivity index (χ1) is 17.5. The lowest BCUT2D eigenvalue weighted by atomic mass is 9.96. The van der Waals surface area contributed by atoms with E-state index >= 15 is 0 Å². The first-order valence-electron chi connectivity index (χ1n) is 11.5. The summed E-state index contributed by atoms with van der Waals surface area (Å²) in [7, 11) is 0. The Bertz CT molecular complexity index is 1450. The Balaban J connectivity index is 1.28. The van der Waals surface area contributed by atoms with Crippen molar-refractivity contribution in [1.82, 2.24) is 5.01 Å². The number of esters is 1. The molecule has 0 unspecified atom stereocenters. The SMILES string of the molecule is O=C(Oc1ccc([C@H]2Oc3ccccc3[C@@H]3CC(c4ccc(Cl)cc4)=NN23)cc1)c1ccc(Br)cc1. The van der Waals surface area contributed by atoms with Crippen molar-refractivity contribution < 1.29 is 14.3 Å². The van der Waals surface area contributed by atoms with Crippen molar-refractivity contribution in [2.24, 2.45) is 5.10 Å². The number of rotatable bonds is 4. The molecule has 0 aromatic heterocycles. The van der Waals surface area contributed by atoms with E-state index in [0.29, 0.717) is 16.3 Å². The molecule has 0 saturated heterocycles. The van der Waals surface area contributed by atoms with Crippen molar-refractivity contribution in [3.8, 4) is 11.5 Å². The molecule has 0 N–H and O–H groups in total. The molecule has 0 aliphatic carbocycles. The first-order valence-corrected chi connectivity index (χ1v) is 12.7. The van der Waals surface area contributed by atoms with Gasteiger partial charge in [0.05, 0.1) is 17.3 Å².